The summed E-state index contributed by atoms with van der Waals surface area (Å²) < 4.78 is 0. The minimum atomic E-state index is -0.709. The molecule has 2 heterocycles. The summed E-state index contributed by atoms with van der Waals surface area (Å²) >= 11 is 0. The second-order valence-electron chi connectivity index (χ2n) is 6.22. The molecule has 2 aliphatic rings. The highest BCUT2D eigenvalue weighted by molar-refractivity contribution is 5.77. The normalized spacial score (nSPS) is 25.8. The van der Waals surface area contributed by atoms with E-state index in [-0.39, 0.29) is 6.03 Å². The first-order valence-electron chi connectivity index (χ1n) is 7.79. The second kappa shape index (κ2) is 6.02. The zero-order valence-corrected chi connectivity index (χ0v) is 12.6. The fourth-order valence-electron chi connectivity index (χ4n) is 3.38. The molecule has 2 rings (SSSR count). The molecule has 0 aliphatic carbocycles. The smallest absolute Gasteiger partial charge is 0.320 e. The van der Waals surface area contributed by atoms with Gasteiger partial charge in [-0.3, -0.25) is 4.79 Å². The average Bonchev–Trinajstić information content (AvgIpc) is 2.95. The summed E-state index contributed by atoms with van der Waals surface area (Å²) in [5, 5.41) is 9.38. The van der Waals surface area contributed by atoms with E-state index in [4.69, 9.17) is 0 Å². The van der Waals surface area contributed by atoms with Gasteiger partial charge in [0.15, 0.2) is 0 Å². The monoisotopic (exact) mass is 282 g/mol. The first-order valence-corrected chi connectivity index (χ1v) is 7.79. The number of amides is 2. The van der Waals surface area contributed by atoms with Gasteiger partial charge in [0.2, 0.25) is 0 Å². The van der Waals surface area contributed by atoms with Crippen LogP contribution in [0.3, 0.4) is 0 Å². The lowest BCUT2D eigenvalue weighted by atomic mass is 9.76. The number of likely N-dealkylation sites (tertiary alicyclic amines) is 2. The fraction of sp³-hybridized carbons (Fsp3) is 0.867. The molecular weight excluding hydrogens is 256 g/mol. The van der Waals surface area contributed by atoms with Crippen molar-refractivity contribution in [2.24, 2.45) is 11.3 Å². The third-order valence-electron chi connectivity index (χ3n) is 5.26. The van der Waals surface area contributed by atoms with Gasteiger partial charge in [-0.15, -0.1) is 0 Å². The molecule has 1 atom stereocenters. The predicted molar refractivity (Wildman–Crippen MR) is 76.5 cm³/mol. The van der Waals surface area contributed by atoms with Crippen molar-refractivity contribution in [3.05, 3.63) is 0 Å². The third kappa shape index (κ3) is 2.76. The Kier molecular flexibility index (Phi) is 4.55. The molecule has 0 aromatic rings. The maximum atomic E-state index is 12.4. The maximum Gasteiger partial charge on any atom is 0.320 e. The van der Waals surface area contributed by atoms with Crippen molar-refractivity contribution in [3.8, 4) is 0 Å². The van der Waals surface area contributed by atoms with Gasteiger partial charge in [-0.2, -0.15) is 0 Å². The van der Waals surface area contributed by atoms with Crippen molar-refractivity contribution < 1.29 is 14.7 Å². The van der Waals surface area contributed by atoms with Gasteiger partial charge in [-0.25, -0.2) is 4.79 Å². The minimum Gasteiger partial charge on any atom is -0.481 e. The Balaban J connectivity index is 1.90. The SMILES string of the molecule is CCC1CCN(C(=O)N2CCC(CC)(C(=O)O)CC2)C1. The zero-order valence-electron chi connectivity index (χ0n) is 12.6. The van der Waals surface area contributed by atoms with Crippen molar-refractivity contribution in [2.75, 3.05) is 26.2 Å². The Hall–Kier alpha value is -1.26. The average molecular weight is 282 g/mol. The first-order chi connectivity index (χ1) is 9.52. The third-order valence-corrected chi connectivity index (χ3v) is 5.26. The Bertz CT molecular complexity index is 375. The van der Waals surface area contributed by atoms with Gasteiger partial charge in [0, 0.05) is 26.2 Å². The highest BCUT2D eigenvalue weighted by Crippen LogP contribution is 2.35. The van der Waals surface area contributed by atoms with Crippen LogP contribution in [-0.2, 0) is 4.79 Å². The summed E-state index contributed by atoms with van der Waals surface area (Å²) in [5.74, 6) is -0.0724. The van der Waals surface area contributed by atoms with Crippen LogP contribution in [0.15, 0.2) is 0 Å². The van der Waals surface area contributed by atoms with E-state index >= 15 is 0 Å². The lowest BCUT2D eigenvalue weighted by Gasteiger charge is -2.39. The summed E-state index contributed by atoms with van der Waals surface area (Å²) in [6, 6.07) is 0.107. The van der Waals surface area contributed by atoms with Crippen LogP contribution in [0, 0.1) is 11.3 Å². The van der Waals surface area contributed by atoms with Crippen molar-refractivity contribution in [2.45, 2.75) is 46.0 Å². The molecule has 0 radical (unpaired) electrons. The van der Waals surface area contributed by atoms with Gasteiger partial charge in [0.05, 0.1) is 5.41 Å². The molecule has 5 heteroatoms. The van der Waals surface area contributed by atoms with Gasteiger partial charge >= 0.3 is 12.0 Å². The minimum absolute atomic E-state index is 0.107. The van der Waals surface area contributed by atoms with E-state index in [1.165, 1.54) is 0 Å². The Morgan fingerprint density at radius 2 is 1.80 bits per heavy atom. The number of carbonyl (C=O) groups excluding carboxylic acids is 1. The molecule has 0 aromatic heterocycles. The molecule has 2 amide bonds. The molecule has 114 valence electrons. The van der Waals surface area contributed by atoms with Gasteiger partial charge in [-0.05, 0) is 31.6 Å². The van der Waals surface area contributed by atoms with Crippen molar-refractivity contribution in [1.29, 1.82) is 0 Å². The Labute approximate surface area is 120 Å². The second-order valence-corrected chi connectivity index (χ2v) is 6.22. The van der Waals surface area contributed by atoms with Crippen LogP contribution in [0.25, 0.3) is 0 Å². The molecule has 0 spiro atoms. The summed E-state index contributed by atoms with van der Waals surface area (Å²) in [6.07, 6.45) is 4.03. The van der Waals surface area contributed by atoms with Gasteiger partial charge < -0.3 is 14.9 Å². The predicted octanol–water partition coefficient (Wildman–Crippen LogP) is 2.42. The highest BCUT2D eigenvalue weighted by atomic mass is 16.4. The number of carbonyl (C=O) groups is 2. The van der Waals surface area contributed by atoms with Crippen molar-refractivity contribution in [1.82, 2.24) is 9.80 Å². The molecule has 1 N–H and O–H groups in total. The Morgan fingerprint density at radius 3 is 2.25 bits per heavy atom. The van der Waals surface area contributed by atoms with Gasteiger partial charge in [-0.1, -0.05) is 20.3 Å². The maximum absolute atomic E-state index is 12.4. The number of piperidine rings is 1. The number of urea groups is 1. The van der Waals surface area contributed by atoms with E-state index < -0.39 is 11.4 Å². The van der Waals surface area contributed by atoms with Gasteiger partial charge in [0.25, 0.3) is 0 Å². The number of rotatable bonds is 3. The molecule has 2 saturated heterocycles. The lowest BCUT2D eigenvalue weighted by molar-refractivity contribution is -0.152. The molecule has 2 fully saturated rings. The summed E-state index contributed by atoms with van der Waals surface area (Å²) in [5.41, 5.74) is -0.617. The summed E-state index contributed by atoms with van der Waals surface area (Å²) in [7, 11) is 0. The number of hydrogen-bond donors (Lipinski definition) is 1. The quantitative estimate of drug-likeness (QED) is 0.864. The summed E-state index contributed by atoms with van der Waals surface area (Å²) in [6.45, 7) is 6.97. The van der Waals surface area contributed by atoms with Crippen LogP contribution in [0.4, 0.5) is 4.79 Å². The molecule has 0 aromatic carbocycles. The lowest BCUT2D eigenvalue weighted by Crippen LogP contribution is -2.50. The number of carboxylic acids is 1. The summed E-state index contributed by atoms with van der Waals surface area (Å²) in [4.78, 5) is 27.6. The van der Waals surface area contributed by atoms with Crippen LogP contribution < -0.4 is 0 Å². The molecule has 1 unspecified atom stereocenters. The zero-order chi connectivity index (χ0) is 14.8. The molecule has 5 nitrogen and oxygen atoms in total. The molecular formula is C15H26N2O3. The fourth-order valence-corrected chi connectivity index (χ4v) is 3.38. The first kappa shape index (κ1) is 15.1. The van der Waals surface area contributed by atoms with E-state index in [9.17, 15) is 14.7 Å². The number of nitrogens with zero attached hydrogens (tertiary/aromatic N) is 2. The standard InChI is InChI=1S/C15H26N2O3/c1-3-12-5-8-17(11-12)14(20)16-9-6-15(4-2,7-10-16)13(18)19/h12H,3-11H2,1-2H3,(H,18,19). The van der Waals surface area contributed by atoms with Crippen LogP contribution in [-0.4, -0.2) is 53.1 Å². The van der Waals surface area contributed by atoms with E-state index in [0.717, 1.165) is 25.9 Å². The van der Waals surface area contributed by atoms with Crippen LogP contribution >= 0.6 is 0 Å². The molecule has 2 aliphatic heterocycles. The van der Waals surface area contributed by atoms with E-state index in [1.54, 1.807) is 0 Å². The van der Waals surface area contributed by atoms with Crippen LogP contribution in [0.1, 0.15) is 46.0 Å². The van der Waals surface area contributed by atoms with E-state index in [0.29, 0.717) is 38.3 Å². The van der Waals surface area contributed by atoms with Crippen molar-refractivity contribution in [3.63, 3.8) is 0 Å². The molecule has 20 heavy (non-hydrogen) atoms. The number of carboxylic acid groups (broad SMARTS) is 1. The van der Waals surface area contributed by atoms with Gasteiger partial charge in [0.1, 0.15) is 0 Å². The number of aliphatic carboxylic acids is 1. The largest absolute Gasteiger partial charge is 0.481 e. The molecule has 0 bridgehead atoms. The topological polar surface area (TPSA) is 60.9 Å². The Morgan fingerprint density at radius 1 is 1.15 bits per heavy atom. The van der Waals surface area contributed by atoms with Crippen molar-refractivity contribution >= 4 is 12.0 Å². The van der Waals surface area contributed by atoms with E-state index in [2.05, 4.69) is 6.92 Å². The van der Waals surface area contributed by atoms with E-state index in [1.807, 2.05) is 16.7 Å². The highest BCUT2D eigenvalue weighted by Gasteiger charge is 2.41. The van der Waals surface area contributed by atoms with Crippen LogP contribution in [0.5, 0.6) is 0 Å². The number of hydrogen-bond acceptors (Lipinski definition) is 2. The molecule has 0 saturated carbocycles. The van der Waals surface area contributed by atoms with Crippen LogP contribution in [0.2, 0.25) is 0 Å².